The summed E-state index contributed by atoms with van der Waals surface area (Å²) in [6.07, 6.45) is 0. The highest BCUT2D eigenvalue weighted by Gasteiger charge is 2.17. The van der Waals surface area contributed by atoms with Crippen molar-refractivity contribution >= 4 is 17.0 Å². The van der Waals surface area contributed by atoms with Crippen molar-refractivity contribution in [2.75, 3.05) is 13.4 Å². The SMILES string of the molecule is CC(=O)OCOCC(N[S@@](=O)c1ccc(C)cc1)C(C)C. The van der Waals surface area contributed by atoms with E-state index in [0.29, 0.717) is 6.61 Å². The molecule has 0 saturated heterocycles. The molecule has 0 radical (unpaired) electrons. The van der Waals surface area contributed by atoms with Crippen molar-refractivity contribution in [3.05, 3.63) is 29.8 Å². The van der Waals surface area contributed by atoms with Gasteiger partial charge in [-0.15, -0.1) is 0 Å². The Kier molecular flexibility index (Phi) is 7.56. The minimum Gasteiger partial charge on any atom is -0.439 e. The Morgan fingerprint density at radius 3 is 2.43 bits per heavy atom. The molecule has 5 nitrogen and oxygen atoms in total. The van der Waals surface area contributed by atoms with Crippen molar-refractivity contribution < 1.29 is 18.5 Å². The summed E-state index contributed by atoms with van der Waals surface area (Å²) >= 11 is 0. The van der Waals surface area contributed by atoms with E-state index in [9.17, 15) is 9.00 Å². The second-order valence-corrected chi connectivity index (χ2v) is 6.42. The fourth-order valence-electron chi connectivity index (χ4n) is 1.53. The number of hydrogen-bond acceptors (Lipinski definition) is 4. The lowest BCUT2D eigenvalue weighted by molar-refractivity contribution is -0.154. The molecule has 0 bridgehead atoms. The maximum absolute atomic E-state index is 12.3. The van der Waals surface area contributed by atoms with Crippen molar-refractivity contribution in [1.29, 1.82) is 0 Å². The highest BCUT2D eigenvalue weighted by molar-refractivity contribution is 7.83. The van der Waals surface area contributed by atoms with Gasteiger partial charge < -0.3 is 9.47 Å². The Hall–Kier alpha value is -1.24. The summed E-state index contributed by atoms with van der Waals surface area (Å²) < 4.78 is 25.3. The molecule has 0 heterocycles. The number of ether oxygens (including phenoxy) is 2. The van der Waals surface area contributed by atoms with Crippen molar-refractivity contribution in [2.24, 2.45) is 5.92 Å². The van der Waals surface area contributed by atoms with E-state index >= 15 is 0 Å². The molecular weight excluding hydrogens is 290 g/mol. The van der Waals surface area contributed by atoms with Crippen LogP contribution in [0.15, 0.2) is 29.2 Å². The summed E-state index contributed by atoms with van der Waals surface area (Å²) in [6, 6.07) is 7.45. The predicted octanol–water partition coefficient (Wildman–Crippen LogP) is 2.17. The van der Waals surface area contributed by atoms with Crippen LogP contribution in [0.5, 0.6) is 0 Å². The normalized spacial score (nSPS) is 14.0. The smallest absolute Gasteiger partial charge is 0.304 e. The lowest BCUT2D eigenvalue weighted by atomic mass is 10.1. The summed E-state index contributed by atoms with van der Waals surface area (Å²) in [5, 5.41) is 0. The molecule has 1 N–H and O–H groups in total. The van der Waals surface area contributed by atoms with Crippen LogP contribution in [0.25, 0.3) is 0 Å². The molecule has 2 atom stereocenters. The van der Waals surface area contributed by atoms with Crippen LogP contribution in [0, 0.1) is 12.8 Å². The Balaban J connectivity index is 2.51. The number of carbonyl (C=O) groups excluding carboxylic acids is 1. The molecule has 0 amide bonds. The van der Waals surface area contributed by atoms with Crippen LogP contribution < -0.4 is 4.72 Å². The van der Waals surface area contributed by atoms with Crippen molar-refractivity contribution in [3.63, 3.8) is 0 Å². The van der Waals surface area contributed by atoms with Crippen LogP contribution in [0.2, 0.25) is 0 Å². The van der Waals surface area contributed by atoms with E-state index in [1.807, 2.05) is 45.0 Å². The van der Waals surface area contributed by atoms with Gasteiger partial charge in [0.25, 0.3) is 0 Å². The molecule has 0 spiro atoms. The molecule has 21 heavy (non-hydrogen) atoms. The minimum atomic E-state index is -1.29. The summed E-state index contributed by atoms with van der Waals surface area (Å²) in [7, 11) is -1.29. The average molecular weight is 313 g/mol. The highest BCUT2D eigenvalue weighted by Crippen LogP contribution is 2.10. The van der Waals surface area contributed by atoms with Gasteiger partial charge in [-0.1, -0.05) is 31.5 Å². The molecular formula is C15H23NO4S. The standard InChI is InChI=1S/C15H23NO4S/c1-11(2)15(9-19-10-20-13(4)17)16-21(18)14-7-5-12(3)6-8-14/h5-8,11,15-16H,9-10H2,1-4H3/t15?,21-/m0/s1. The second-order valence-electron chi connectivity index (χ2n) is 5.17. The molecule has 0 aliphatic rings. The molecule has 0 aliphatic carbocycles. The first kappa shape index (κ1) is 17.8. The zero-order chi connectivity index (χ0) is 15.8. The summed E-state index contributed by atoms with van der Waals surface area (Å²) in [5.74, 6) is -0.149. The molecule has 0 saturated carbocycles. The van der Waals surface area contributed by atoms with Gasteiger partial charge >= 0.3 is 5.97 Å². The van der Waals surface area contributed by atoms with E-state index in [2.05, 4.69) is 4.72 Å². The van der Waals surface area contributed by atoms with Crippen LogP contribution in [-0.2, 0) is 25.3 Å². The first-order valence-corrected chi connectivity index (χ1v) is 8.01. The number of esters is 1. The molecule has 0 aromatic heterocycles. The molecule has 0 fully saturated rings. The van der Waals surface area contributed by atoms with E-state index in [4.69, 9.17) is 9.47 Å². The molecule has 1 aromatic carbocycles. The number of aryl methyl sites for hydroxylation is 1. The van der Waals surface area contributed by atoms with Crippen molar-refractivity contribution in [3.8, 4) is 0 Å². The van der Waals surface area contributed by atoms with Gasteiger partial charge in [0.05, 0.1) is 11.5 Å². The van der Waals surface area contributed by atoms with Crippen LogP contribution in [-0.4, -0.2) is 29.6 Å². The van der Waals surface area contributed by atoms with E-state index in [-0.39, 0.29) is 24.7 Å². The third kappa shape index (κ3) is 6.84. The number of benzene rings is 1. The number of carbonyl (C=O) groups is 1. The summed E-state index contributed by atoms with van der Waals surface area (Å²) in [6.45, 7) is 7.58. The monoisotopic (exact) mass is 313 g/mol. The quantitative estimate of drug-likeness (QED) is 0.454. The second kappa shape index (κ2) is 8.92. The highest BCUT2D eigenvalue weighted by atomic mass is 32.2. The minimum absolute atomic E-state index is 0.0859. The first-order chi connectivity index (χ1) is 9.90. The summed E-state index contributed by atoms with van der Waals surface area (Å²) in [5.41, 5.74) is 1.13. The lowest BCUT2D eigenvalue weighted by Crippen LogP contribution is -2.39. The van der Waals surface area contributed by atoms with Crippen molar-refractivity contribution in [2.45, 2.75) is 38.6 Å². The van der Waals surface area contributed by atoms with Crippen LogP contribution >= 0.6 is 0 Å². The van der Waals surface area contributed by atoms with E-state index in [1.54, 1.807) is 0 Å². The fourth-order valence-corrected chi connectivity index (χ4v) is 2.66. The van der Waals surface area contributed by atoms with Gasteiger partial charge in [0.2, 0.25) is 0 Å². The van der Waals surface area contributed by atoms with Gasteiger partial charge in [-0.3, -0.25) is 4.79 Å². The zero-order valence-corrected chi connectivity index (χ0v) is 13.7. The fraction of sp³-hybridized carbons (Fsp3) is 0.533. The number of rotatable bonds is 8. The van der Waals surface area contributed by atoms with Gasteiger partial charge in [0.15, 0.2) is 6.79 Å². The van der Waals surface area contributed by atoms with Gasteiger partial charge in [-0.05, 0) is 25.0 Å². The first-order valence-electron chi connectivity index (χ1n) is 6.86. The maximum Gasteiger partial charge on any atom is 0.304 e. The van der Waals surface area contributed by atoms with Crippen LogP contribution in [0.1, 0.15) is 26.3 Å². The molecule has 0 aliphatic heterocycles. The Bertz CT molecular complexity index is 473. The van der Waals surface area contributed by atoms with Gasteiger partial charge in [-0.25, -0.2) is 8.93 Å². The van der Waals surface area contributed by atoms with Gasteiger partial charge in [0, 0.05) is 13.0 Å². The maximum atomic E-state index is 12.3. The zero-order valence-electron chi connectivity index (χ0n) is 12.9. The lowest BCUT2D eigenvalue weighted by Gasteiger charge is -2.21. The molecule has 1 rings (SSSR count). The van der Waals surface area contributed by atoms with Gasteiger partial charge in [-0.2, -0.15) is 0 Å². The van der Waals surface area contributed by atoms with E-state index in [0.717, 1.165) is 10.5 Å². The van der Waals surface area contributed by atoms with Crippen molar-refractivity contribution in [1.82, 2.24) is 4.72 Å². The number of hydrogen-bond donors (Lipinski definition) is 1. The molecule has 1 unspecified atom stereocenters. The van der Waals surface area contributed by atoms with Crippen LogP contribution in [0.3, 0.4) is 0 Å². The van der Waals surface area contributed by atoms with Crippen LogP contribution in [0.4, 0.5) is 0 Å². The van der Waals surface area contributed by atoms with E-state index in [1.165, 1.54) is 6.92 Å². The third-order valence-electron chi connectivity index (χ3n) is 2.94. The largest absolute Gasteiger partial charge is 0.439 e. The third-order valence-corrected chi connectivity index (χ3v) is 4.16. The molecule has 118 valence electrons. The molecule has 6 heteroatoms. The molecule has 1 aromatic rings. The average Bonchev–Trinajstić information content (AvgIpc) is 2.42. The Labute approximate surface area is 128 Å². The Morgan fingerprint density at radius 2 is 1.90 bits per heavy atom. The van der Waals surface area contributed by atoms with E-state index < -0.39 is 11.0 Å². The Morgan fingerprint density at radius 1 is 1.29 bits per heavy atom. The van der Waals surface area contributed by atoms with Gasteiger partial charge in [0.1, 0.15) is 11.0 Å². The predicted molar refractivity (Wildman–Crippen MR) is 81.9 cm³/mol. The summed E-state index contributed by atoms with van der Waals surface area (Å²) in [4.78, 5) is 11.4. The topological polar surface area (TPSA) is 64.6 Å². The number of nitrogens with one attached hydrogen (secondary N) is 1.